The highest BCUT2D eigenvalue weighted by atomic mass is 32.1. The monoisotopic (exact) mass is 230 g/mol. The first kappa shape index (κ1) is 9.47. The van der Waals surface area contributed by atoms with Crippen LogP contribution in [0.25, 0.3) is 11.4 Å². The summed E-state index contributed by atoms with van der Waals surface area (Å²) in [5.74, 6) is 0.893. The van der Waals surface area contributed by atoms with Gasteiger partial charge in [-0.3, -0.25) is 4.98 Å². The van der Waals surface area contributed by atoms with Gasteiger partial charge in [-0.05, 0) is 30.8 Å². The summed E-state index contributed by atoms with van der Waals surface area (Å²) in [5, 5.41) is 3.23. The molecule has 3 rings (SSSR count). The van der Waals surface area contributed by atoms with Crippen molar-refractivity contribution in [3.8, 4) is 11.4 Å². The van der Waals surface area contributed by atoms with Gasteiger partial charge in [-0.2, -0.15) is 0 Å². The average Bonchev–Trinajstić information content (AvgIpc) is 2.77. The zero-order chi connectivity index (χ0) is 11.0. The van der Waals surface area contributed by atoms with Crippen molar-refractivity contribution in [2.24, 2.45) is 0 Å². The zero-order valence-electron chi connectivity index (χ0n) is 8.53. The summed E-state index contributed by atoms with van der Waals surface area (Å²) < 4.78 is 0.494. The normalized spacial score (nSPS) is 13.2. The third-order valence-electron chi connectivity index (χ3n) is 2.62. The standard InChI is InChI=1S/C11H10N4S/c16-11-14-9(8-3-1-2-5-12-8)7-4-6-13-10(7)15-11/h1-3,5H,4,6H2,(H2,13,14,15,16). The minimum atomic E-state index is 0.494. The van der Waals surface area contributed by atoms with E-state index in [0.717, 1.165) is 30.2 Å². The van der Waals surface area contributed by atoms with E-state index in [2.05, 4.69) is 20.3 Å². The van der Waals surface area contributed by atoms with E-state index in [1.807, 2.05) is 18.2 Å². The van der Waals surface area contributed by atoms with E-state index in [1.54, 1.807) is 6.20 Å². The lowest BCUT2D eigenvalue weighted by molar-refractivity contribution is 1.07. The molecule has 2 aromatic heterocycles. The number of hydrogen-bond donors (Lipinski definition) is 2. The van der Waals surface area contributed by atoms with Crippen LogP contribution in [0.5, 0.6) is 0 Å². The highest BCUT2D eigenvalue weighted by Crippen LogP contribution is 2.28. The second-order valence-electron chi connectivity index (χ2n) is 3.64. The molecule has 0 amide bonds. The summed E-state index contributed by atoms with van der Waals surface area (Å²) in [5.41, 5.74) is 3.07. The number of aromatic nitrogens is 3. The summed E-state index contributed by atoms with van der Waals surface area (Å²) in [6.45, 7) is 0.912. The van der Waals surface area contributed by atoms with Crippen molar-refractivity contribution in [3.63, 3.8) is 0 Å². The molecule has 0 fully saturated rings. The molecule has 0 saturated carbocycles. The maximum atomic E-state index is 5.11. The molecule has 1 aliphatic heterocycles. The highest BCUT2D eigenvalue weighted by molar-refractivity contribution is 7.71. The second-order valence-corrected chi connectivity index (χ2v) is 4.02. The van der Waals surface area contributed by atoms with E-state index < -0.39 is 0 Å². The Bertz CT molecular complexity index is 576. The van der Waals surface area contributed by atoms with Crippen molar-refractivity contribution in [3.05, 3.63) is 34.7 Å². The van der Waals surface area contributed by atoms with Crippen LogP contribution in [0.3, 0.4) is 0 Å². The van der Waals surface area contributed by atoms with Crippen LogP contribution in [0.1, 0.15) is 5.56 Å². The predicted octanol–water partition coefficient (Wildman–Crippen LogP) is 2.17. The van der Waals surface area contributed by atoms with E-state index in [9.17, 15) is 0 Å². The molecule has 80 valence electrons. The summed E-state index contributed by atoms with van der Waals surface area (Å²) in [7, 11) is 0. The fourth-order valence-electron chi connectivity index (χ4n) is 1.92. The number of anilines is 1. The highest BCUT2D eigenvalue weighted by Gasteiger charge is 2.17. The van der Waals surface area contributed by atoms with Gasteiger partial charge in [0, 0.05) is 18.3 Å². The topological polar surface area (TPSA) is 53.6 Å². The van der Waals surface area contributed by atoms with Crippen LogP contribution >= 0.6 is 12.2 Å². The van der Waals surface area contributed by atoms with E-state index >= 15 is 0 Å². The molecule has 5 heteroatoms. The molecule has 2 N–H and O–H groups in total. The molecular formula is C11H10N4S. The van der Waals surface area contributed by atoms with Crippen LogP contribution in [-0.2, 0) is 6.42 Å². The Morgan fingerprint density at radius 3 is 3.06 bits per heavy atom. The summed E-state index contributed by atoms with van der Waals surface area (Å²) in [4.78, 5) is 11.7. The lowest BCUT2D eigenvalue weighted by Gasteiger charge is -2.06. The van der Waals surface area contributed by atoms with Gasteiger partial charge in [-0.15, -0.1) is 0 Å². The SMILES string of the molecule is S=c1nc2c(c(-c3ccccn3)[nH]1)CCN2. The van der Waals surface area contributed by atoms with Crippen molar-refractivity contribution in [1.82, 2.24) is 15.0 Å². The van der Waals surface area contributed by atoms with Gasteiger partial charge < -0.3 is 10.3 Å². The first-order chi connectivity index (χ1) is 7.84. The number of fused-ring (bicyclic) bond motifs is 1. The van der Waals surface area contributed by atoms with Crippen molar-refractivity contribution in [1.29, 1.82) is 0 Å². The van der Waals surface area contributed by atoms with Crippen LogP contribution in [-0.4, -0.2) is 21.5 Å². The maximum Gasteiger partial charge on any atom is 0.199 e. The number of nitrogens with one attached hydrogen (secondary N) is 2. The van der Waals surface area contributed by atoms with E-state index in [-0.39, 0.29) is 0 Å². The third-order valence-corrected chi connectivity index (χ3v) is 2.81. The molecule has 0 unspecified atom stereocenters. The number of nitrogens with zero attached hydrogens (tertiary/aromatic N) is 2. The van der Waals surface area contributed by atoms with Crippen LogP contribution in [0.4, 0.5) is 5.82 Å². The molecule has 1 aliphatic rings. The maximum absolute atomic E-state index is 5.11. The molecule has 0 aromatic carbocycles. The van der Waals surface area contributed by atoms with Crippen molar-refractivity contribution in [2.45, 2.75) is 6.42 Å². The Balaban J connectivity index is 2.25. The Morgan fingerprint density at radius 1 is 1.31 bits per heavy atom. The van der Waals surface area contributed by atoms with Gasteiger partial charge in [0.25, 0.3) is 0 Å². The van der Waals surface area contributed by atoms with Crippen LogP contribution in [0.2, 0.25) is 0 Å². The molecule has 16 heavy (non-hydrogen) atoms. The molecule has 0 radical (unpaired) electrons. The number of rotatable bonds is 1. The molecule has 0 spiro atoms. The first-order valence-corrected chi connectivity index (χ1v) is 5.54. The lowest BCUT2D eigenvalue weighted by atomic mass is 10.1. The van der Waals surface area contributed by atoms with Crippen LogP contribution in [0.15, 0.2) is 24.4 Å². The van der Waals surface area contributed by atoms with Gasteiger partial charge in [0.1, 0.15) is 5.82 Å². The summed E-state index contributed by atoms with van der Waals surface area (Å²) >= 11 is 5.11. The molecule has 2 aromatic rings. The zero-order valence-corrected chi connectivity index (χ0v) is 9.34. The van der Waals surface area contributed by atoms with Gasteiger partial charge in [0.15, 0.2) is 4.77 Å². The molecule has 4 nitrogen and oxygen atoms in total. The van der Waals surface area contributed by atoms with Crippen molar-refractivity contribution >= 4 is 18.0 Å². The van der Waals surface area contributed by atoms with E-state index in [4.69, 9.17) is 12.2 Å². The Morgan fingerprint density at radius 2 is 2.25 bits per heavy atom. The number of H-pyrrole nitrogens is 1. The van der Waals surface area contributed by atoms with Gasteiger partial charge in [-0.25, -0.2) is 4.98 Å². The van der Waals surface area contributed by atoms with Gasteiger partial charge >= 0.3 is 0 Å². The number of aromatic amines is 1. The fraction of sp³-hybridized carbons (Fsp3) is 0.182. The second kappa shape index (κ2) is 3.68. The molecule has 0 saturated heterocycles. The Labute approximate surface area is 97.8 Å². The average molecular weight is 230 g/mol. The minimum absolute atomic E-state index is 0.494. The minimum Gasteiger partial charge on any atom is -0.369 e. The fourth-order valence-corrected chi connectivity index (χ4v) is 2.12. The smallest absolute Gasteiger partial charge is 0.199 e. The van der Waals surface area contributed by atoms with Crippen LogP contribution in [0, 0.1) is 4.77 Å². The first-order valence-electron chi connectivity index (χ1n) is 5.13. The summed E-state index contributed by atoms with van der Waals surface area (Å²) in [6.07, 6.45) is 2.74. The van der Waals surface area contributed by atoms with Crippen molar-refractivity contribution in [2.75, 3.05) is 11.9 Å². The quantitative estimate of drug-likeness (QED) is 0.737. The Kier molecular flexibility index (Phi) is 2.18. The molecule has 3 heterocycles. The Hall–Kier alpha value is -1.75. The lowest BCUT2D eigenvalue weighted by Crippen LogP contribution is -1.96. The molecule has 0 bridgehead atoms. The largest absolute Gasteiger partial charge is 0.369 e. The van der Waals surface area contributed by atoms with Crippen LogP contribution < -0.4 is 5.32 Å². The molecule has 0 atom stereocenters. The van der Waals surface area contributed by atoms with E-state index in [1.165, 1.54) is 5.56 Å². The predicted molar refractivity (Wildman–Crippen MR) is 64.8 cm³/mol. The van der Waals surface area contributed by atoms with Gasteiger partial charge in [0.05, 0.1) is 11.4 Å². The number of pyridine rings is 1. The van der Waals surface area contributed by atoms with E-state index in [0.29, 0.717) is 4.77 Å². The third kappa shape index (κ3) is 1.49. The molecular weight excluding hydrogens is 220 g/mol. The summed E-state index contributed by atoms with van der Waals surface area (Å²) in [6, 6.07) is 5.84. The molecule has 0 aliphatic carbocycles. The van der Waals surface area contributed by atoms with Crippen molar-refractivity contribution < 1.29 is 0 Å². The van der Waals surface area contributed by atoms with Gasteiger partial charge in [0.2, 0.25) is 0 Å². The number of hydrogen-bond acceptors (Lipinski definition) is 4. The van der Waals surface area contributed by atoms with Gasteiger partial charge in [-0.1, -0.05) is 6.07 Å².